The van der Waals surface area contributed by atoms with E-state index in [-0.39, 0.29) is 11.9 Å². The highest BCUT2D eigenvalue weighted by Gasteiger charge is 2.55. The molecule has 4 saturated carbocycles. The number of nitrogens with one attached hydrogen (secondary N) is 1. The second-order valence-corrected chi connectivity index (χ2v) is 9.95. The molecular weight excluding hydrogens is 409 g/mol. The van der Waals surface area contributed by atoms with E-state index in [2.05, 4.69) is 15.2 Å². The van der Waals surface area contributed by atoms with Gasteiger partial charge in [0.05, 0.1) is 17.7 Å². The van der Waals surface area contributed by atoms with Crippen LogP contribution < -0.4 is 10.2 Å². The molecule has 9 heteroatoms. The molecule has 5 fully saturated rings. The first-order valence-electron chi connectivity index (χ1n) is 11.2. The van der Waals surface area contributed by atoms with E-state index in [1.54, 1.807) is 0 Å². The maximum atomic E-state index is 12.7. The lowest BCUT2D eigenvalue weighted by Crippen LogP contribution is -2.62. The Labute approximate surface area is 179 Å². The molecule has 0 spiro atoms. The van der Waals surface area contributed by atoms with Crippen molar-refractivity contribution in [2.75, 3.05) is 37.6 Å². The van der Waals surface area contributed by atoms with Crippen molar-refractivity contribution in [3.63, 3.8) is 0 Å². The van der Waals surface area contributed by atoms with Gasteiger partial charge >= 0.3 is 6.18 Å². The Morgan fingerprint density at radius 1 is 1.13 bits per heavy atom. The van der Waals surface area contributed by atoms with E-state index in [9.17, 15) is 23.1 Å². The van der Waals surface area contributed by atoms with Crippen LogP contribution in [0.25, 0.3) is 0 Å². The second kappa shape index (κ2) is 7.62. The van der Waals surface area contributed by atoms with Crippen molar-refractivity contribution in [2.45, 2.75) is 49.9 Å². The Hall–Kier alpha value is -1.87. The second-order valence-electron chi connectivity index (χ2n) is 9.95. The zero-order chi connectivity index (χ0) is 21.8. The van der Waals surface area contributed by atoms with Gasteiger partial charge in [-0.2, -0.15) is 13.2 Å². The number of rotatable bonds is 4. The van der Waals surface area contributed by atoms with Gasteiger partial charge in [0.25, 0.3) is 0 Å². The maximum Gasteiger partial charge on any atom is 0.417 e. The Morgan fingerprint density at radius 2 is 1.81 bits per heavy atom. The van der Waals surface area contributed by atoms with Crippen molar-refractivity contribution in [3.8, 4) is 0 Å². The van der Waals surface area contributed by atoms with E-state index in [0.717, 1.165) is 44.4 Å². The summed E-state index contributed by atoms with van der Waals surface area (Å²) in [7, 11) is 0. The number of piperazine rings is 1. The van der Waals surface area contributed by atoms with E-state index >= 15 is 0 Å². The summed E-state index contributed by atoms with van der Waals surface area (Å²) in [6, 6.07) is 2.65. The molecule has 1 saturated heterocycles. The largest absolute Gasteiger partial charge is 0.417 e. The van der Waals surface area contributed by atoms with Crippen molar-refractivity contribution in [1.29, 1.82) is 0 Å². The number of nitrogens with zero attached hydrogens (tertiary/aromatic N) is 3. The number of aromatic nitrogens is 1. The number of halogens is 3. The first kappa shape index (κ1) is 21.0. The Kier molecular flexibility index (Phi) is 5.16. The summed E-state index contributed by atoms with van der Waals surface area (Å²) in [5.74, 6) is 1.96. The van der Waals surface area contributed by atoms with Crippen LogP contribution in [0.2, 0.25) is 0 Å². The highest BCUT2D eigenvalue weighted by atomic mass is 19.4. The topological polar surface area (TPSA) is 68.7 Å². The third-order valence-electron chi connectivity index (χ3n) is 7.71. The number of pyridine rings is 1. The first-order chi connectivity index (χ1) is 14.7. The smallest absolute Gasteiger partial charge is 0.390 e. The lowest BCUT2D eigenvalue weighted by atomic mass is 9.52. The highest BCUT2D eigenvalue weighted by molar-refractivity contribution is 5.78. The molecule has 0 aromatic carbocycles. The Morgan fingerprint density at radius 3 is 2.35 bits per heavy atom. The predicted octanol–water partition coefficient (Wildman–Crippen LogP) is 2.28. The monoisotopic (exact) mass is 438 g/mol. The van der Waals surface area contributed by atoms with Gasteiger partial charge in [0, 0.05) is 38.4 Å². The molecule has 4 bridgehead atoms. The standard InChI is InChI=1S/C22H29F3N4O2/c23-22(24,25)17-1-2-18(26-12-17)29-5-3-28(4-6-29)13-19(30)27-20-15-7-14-8-16(20)11-21(31,9-14)10-15/h1-2,12,14-16,20,31H,3-11,13H2,(H,27,30)/t14?,15?,16?,20-,21+. The van der Waals surface area contributed by atoms with Gasteiger partial charge in [-0.25, -0.2) is 4.98 Å². The van der Waals surface area contributed by atoms with E-state index < -0.39 is 17.3 Å². The highest BCUT2D eigenvalue weighted by Crippen LogP contribution is 2.55. The minimum absolute atomic E-state index is 0.0329. The molecule has 2 atom stereocenters. The molecule has 1 aliphatic heterocycles. The zero-order valence-corrected chi connectivity index (χ0v) is 17.4. The van der Waals surface area contributed by atoms with Crippen LogP contribution in [-0.2, 0) is 11.0 Å². The van der Waals surface area contributed by atoms with Gasteiger partial charge in [0.1, 0.15) is 5.82 Å². The van der Waals surface area contributed by atoms with Crippen LogP contribution in [0.3, 0.4) is 0 Å². The Bertz CT molecular complexity index is 807. The fraction of sp³-hybridized carbons (Fsp3) is 0.727. The molecule has 2 unspecified atom stereocenters. The first-order valence-corrected chi connectivity index (χ1v) is 11.2. The molecule has 6 rings (SSSR count). The maximum absolute atomic E-state index is 12.7. The number of anilines is 1. The van der Waals surface area contributed by atoms with Gasteiger partial charge in [0.15, 0.2) is 0 Å². The summed E-state index contributed by atoms with van der Waals surface area (Å²) in [4.78, 5) is 20.7. The summed E-state index contributed by atoms with van der Waals surface area (Å²) < 4.78 is 38.1. The summed E-state index contributed by atoms with van der Waals surface area (Å²) in [5, 5.41) is 14.0. The lowest BCUT2D eigenvalue weighted by Gasteiger charge is -2.58. The SMILES string of the molecule is O=C(CN1CCN(c2ccc(C(F)(F)F)cn2)CC1)N[C@H]1C2CC3CC1C[C@@](O)(C3)C2. The molecule has 1 aromatic heterocycles. The van der Waals surface area contributed by atoms with Crippen molar-refractivity contribution in [2.24, 2.45) is 17.8 Å². The fourth-order valence-electron chi connectivity index (χ4n) is 6.53. The quantitative estimate of drug-likeness (QED) is 0.755. The predicted molar refractivity (Wildman–Crippen MR) is 108 cm³/mol. The van der Waals surface area contributed by atoms with Crippen LogP contribution in [0.4, 0.5) is 19.0 Å². The minimum Gasteiger partial charge on any atom is -0.390 e. The fourth-order valence-corrected chi connectivity index (χ4v) is 6.53. The van der Waals surface area contributed by atoms with Crippen molar-refractivity contribution in [1.82, 2.24) is 15.2 Å². The van der Waals surface area contributed by atoms with E-state index in [1.807, 2.05) is 4.90 Å². The number of amides is 1. The molecule has 4 aliphatic carbocycles. The molecule has 1 aromatic rings. The number of carbonyl (C=O) groups excluding carboxylic acids is 1. The summed E-state index contributed by atoms with van der Waals surface area (Å²) in [6.07, 6.45) is 1.26. The van der Waals surface area contributed by atoms with Crippen LogP contribution in [0.1, 0.15) is 37.7 Å². The average molecular weight is 438 g/mol. The third kappa shape index (κ3) is 4.26. The van der Waals surface area contributed by atoms with E-state index in [4.69, 9.17) is 0 Å². The molecule has 0 radical (unpaired) electrons. The molecule has 6 nitrogen and oxygen atoms in total. The number of hydrogen-bond acceptors (Lipinski definition) is 5. The molecule has 2 heterocycles. The van der Waals surface area contributed by atoms with Gasteiger partial charge in [-0.05, 0) is 62.0 Å². The van der Waals surface area contributed by atoms with Crippen LogP contribution in [0.5, 0.6) is 0 Å². The van der Waals surface area contributed by atoms with Crippen LogP contribution in [0, 0.1) is 17.8 Å². The van der Waals surface area contributed by atoms with Crippen LogP contribution in [0.15, 0.2) is 18.3 Å². The lowest BCUT2D eigenvalue weighted by molar-refractivity contribution is -0.147. The van der Waals surface area contributed by atoms with E-state index in [1.165, 1.54) is 6.07 Å². The molecular formula is C22H29F3N4O2. The van der Waals surface area contributed by atoms with Gasteiger partial charge in [0.2, 0.25) is 5.91 Å². The molecule has 5 aliphatic rings. The summed E-state index contributed by atoms with van der Waals surface area (Å²) in [5.41, 5.74) is -1.25. The summed E-state index contributed by atoms with van der Waals surface area (Å²) >= 11 is 0. The zero-order valence-electron chi connectivity index (χ0n) is 17.4. The molecule has 170 valence electrons. The number of hydrogen-bond donors (Lipinski definition) is 2. The minimum atomic E-state index is -4.38. The van der Waals surface area contributed by atoms with Crippen molar-refractivity contribution >= 4 is 11.7 Å². The van der Waals surface area contributed by atoms with Gasteiger partial charge in [-0.15, -0.1) is 0 Å². The average Bonchev–Trinajstić information content (AvgIpc) is 2.69. The molecule has 1 amide bonds. The Balaban J connectivity index is 1.11. The number of carbonyl (C=O) groups is 1. The van der Waals surface area contributed by atoms with Gasteiger partial charge < -0.3 is 15.3 Å². The normalized spacial score (nSPS) is 35.4. The van der Waals surface area contributed by atoms with Crippen molar-refractivity contribution in [3.05, 3.63) is 23.9 Å². The van der Waals surface area contributed by atoms with Gasteiger partial charge in [-0.3, -0.25) is 9.69 Å². The summed E-state index contributed by atoms with van der Waals surface area (Å²) in [6.45, 7) is 2.90. The van der Waals surface area contributed by atoms with E-state index in [0.29, 0.717) is 56.3 Å². The number of alkyl halides is 3. The van der Waals surface area contributed by atoms with Gasteiger partial charge in [-0.1, -0.05) is 0 Å². The molecule has 2 N–H and O–H groups in total. The molecule has 31 heavy (non-hydrogen) atoms. The number of aliphatic hydroxyl groups is 1. The van der Waals surface area contributed by atoms with Crippen LogP contribution in [-0.4, -0.2) is 65.3 Å². The van der Waals surface area contributed by atoms with Crippen LogP contribution >= 0.6 is 0 Å². The van der Waals surface area contributed by atoms with Crippen molar-refractivity contribution < 1.29 is 23.1 Å². The third-order valence-corrected chi connectivity index (χ3v) is 7.71.